The summed E-state index contributed by atoms with van der Waals surface area (Å²) in [6.07, 6.45) is 1.25. The number of methoxy groups -OCH3 is 1. The molecule has 0 aliphatic carbocycles. The standard InChI is InChI=1S/C13H17NO5S/c1-18-13(15)11-4-2-3-5-12(11)20(16,17)14-10-6-8-19-9-7-10/h2-5,10,14H,6-9H2,1H3. The first-order valence-electron chi connectivity index (χ1n) is 6.32. The number of nitrogens with one attached hydrogen (secondary N) is 1. The lowest BCUT2D eigenvalue weighted by Crippen LogP contribution is -2.39. The number of hydrogen-bond donors (Lipinski definition) is 1. The topological polar surface area (TPSA) is 81.7 Å². The van der Waals surface area contributed by atoms with Crippen molar-refractivity contribution in [2.45, 2.75) is 23.8 Å². The predicted octanol–water partition coefficient (Wildman–Crippen LogP) is 0.930. The number of hydrogen-bond acceptors (Lipinski definition) is 5. The average molecular weight is 299 g/mol. The molecule has 1 aromatic carbocycles. The van der Waals surface area contributed by atoms with Gasteiger partial charge in [0, 0.05) is 19.3 Å². The van der Waals surface area contributed by atoms with Crippen LogP contribution in [0.4, 0.5) is 0 Å². The smallest absolute Gasteiger partial charge is 0.339 e. The highest BCUT2D eigenvalue weighted by molar-refractivity contribution is 7.89. The van der Waals surface area contributed by atoms with E-state index in [9.17, 15) is 13.2 Å². The van der Waals surface area contributed by atoms with Crippen molar-refractivity contribution < 1.29 is 22.7 Å². The molecule has 0 saturated carbocycles. The van der Waals surface area contributed by atoms with Gasteiger partial charge in [0.2, 0.25) is 10.0 Å². The first-order valence-corrected chi connectivity index (χ1v) is 7.80. The summed E-state index contributed by atoms with van der Waals surface area (Å²) in [5.41, 5.74) is 0.0366. The number of carbonyl (C=O) groups is 1. The molecule has 7 heteroatoms. The van der Waals surface area contributed by atoms with Gasteiger partial charge < -0.3 is 9.47 Å². The molecule has 2 rings (SSSR count). The van der Waals surface area contributed by atoms with Crippen LogP contribution in [0.2, 0.25) is 0 Å². The van der Waals surface area contributed by atoms with Crippen molar-refractivity contribution in [1.82, 2.24) is 4.72 Å². The molecule has 6 nitrogen and oxygen atoms in total. The number of benzene rings is 1. The van der Waals surface area contributed by atoms with E-state index in [2.05, 4.69) is 9.46 Å². The van der Waals surface area contributed by atoms with Crippen LogP contribution in [0, 0.1) is 0 Å². The number of sulfonamides is 1. The molecular weight excluding hydrogens is 282 g/mol. The third kappa shape index (κ3) is 3.36. The monoisotopic (exact) mass is 299 g/mol. The summed E-state index contributed by atoms with van der Waals surface area (Å²) < 4.78 is 37.2. The Morgan fingerprint density at radius 3 is 2.60 bits per heavy atom. The van der Waals surface area contributed by atoms with Gasteiger partial charge >= 0.3 is 5.97 Å². The highest BCUT2D eigenvalue weighted by atomic mass is 32.2. The van der Waals surface area contributed by atoms with E-state index in [0.29, 0.717) is 26.1 Å². The molecule has 1 saturated heterocycles. The zero-order valence-electron chi connectivity index (χ0n) is 11.2. The molecule has 0 unspecified atom stereocenters. The molecule has 1 aromatic rings. The predicted molar refractivity (Wildman–Crippen MR) is 71.9 cm³/mol. The number of esters is 1. The molecule has 1 N–H and O–H groups in total. The third-order valence-corrected chi connectivity index (χ3v) is 4.70. The molecule has 1 aliphatic rings. The van der Waals surface area contributed by atoms with E-state index in [1.807, 2.05) is 0 Å². The summed E-state index contributed by atoms with van der Waals surface area (Å²) in [4.78, 5) is 11.6. The van der Waals surface area contributed by atoms with E-state index in [4.69, 9.17) is 4.74 Å². The summed E-state index contributed by atoms with van der Waals surface area (Å²) in [5, 5.41) is 0. The zero-order chi connectivity index (χ0) is 14.6. The molecule has 1 heterocycles. The van der Waals surface area contributed by atoms with Crippen molar-refractivity contribution in [3.8, 4) is 0 Å². The van der Waals surface area contributed by atoms with Crippen LogP contribution in [0.5, 0.6) is 0 Å². The number of ether oxygens (including phenoxy) is 2. The highest BCUT2D eigenvalue weighted by Gasteiger charge is 2.26. The largest absolute Gasteiger partial charge is 0.465 e. The summed E-state index contributed by atoms with van der Waals surface area (Å²) in [7, 11) is -2.53. The maximum Gasteiger partial charge on any atom is 0.339 e. The van der Waals surface area contributed by atoms with Crippen LogP contribution in [-0.4, -0.2) is 40.8 Å². The van der Waals surface area contributed by atoms with E-state index in [1.165, 1.54) is 19.2 Å². The number of carbonyl (C=O) groups excluding carboxylic acids is 1. The van der Waals surface area contributed by atoms with Gasteiger partial charge in [0.1, 0.15) is 0 Å². The van der Waals surface area contributed by atoms with Crippen molar-refractivity contribution in [2.24, 2.45) is 0 Å². The molecule has 20 heavy (non-hydrogen) atoms. The molecule has 0 amide bonds. The average Bonchev–Trinajstić information content (AvgIpc) is 2.47. The van der Waals surface area contributed by atoms with E-state index in [-0.39, 0.29) is 16.5 Å². The molecule has 0 bridgehead atoms. The lowest BCUT2D eigenvalue weighted by atomic mass is 10.1. The van der Waals surface area contributed by atoms with Gasteiger partial charge in [-0.05, 0) is 25.0 Å². The van der Waals surface area contributed by atoms with Crippen molar-refractivity contribution in [3.63, 3.8) is 0 Å². The van der Waals surface area contributed by atoms with Crippen LogP contribution < -0.4 is 4.72 Å². The summed E-state index contributed by atoms with van der Waals surface area (Å²) in [6, 6.07) is 5.84. The second-order valence-electron chi connectivity index (χ2n) is 4.50. The lowest BCUT2D eigenvalue weighted by molar-refractivity contribution is 0.0596. The molecule has 110 valence electrons. The van der Waals surface area contributed by atoms with Gasteiger partial charge in [-0.3, -0.25) is 0 Å². The first kappa shape index (κ1) is 15.0. The van der Waals surface area contributed by atoms with Gasteiger partial charge in [-0.2, -0.15) is 0 Å². The van der Waals surface area contributed by atoms with E-state index < -0.39 is 16.0 Å². The van der Waals surface area contributed by atoms with Gasteiger partial charge in [0.05, 0.1) is 17.6 Å². The molecule has 1 fully saturated rings. The maximum absolute atomic E-state index is 12.4. The molecule has 1 aliphatic heterocycles. The highest BCUT2D eigenvalue weighted by Crippen LogP contribution is 2.18. The summed E-state index contributed by atoms with van der Waals surface area (Å²) >= 11 is 0. The van der Waals surface area contributed by atoms with E-state index in [0.717, 1.165) is 0 Å². The Morgan fingerprint density at radius 1 is 1.30 bits per heavy atom. The van der Waals surface area contributed by atoms with Gasteiger partial charge in [-0.15, -0.1) is 0 Å². The molecule has 0 aromatic heterocycles. The fourth-order valence-electron chi connectivity index (χ4n) is 2.08. The first-order chi connectivity index (χ1) is 9.54. The fourth-order valence-corrected chi connectivity index (χ4v) is 3.58. The van der Waals surface area contributed by atoms with Crippen LogP contribution >= 0.6 is 0 Å². The molecule has 0 spiro atoms. The van der Waals surface area contributed by atoms with Crippen molar-refractivity contribution >= 4 is 16.0 Å². The van der Waals surface area contributed by atoms with E-state index in [1.54, 1.807) is 12.1 Å². The van der Waals surface area contributed by atoms with Crippen LogP contribution in [0.3, 0.4) is 0 Å². The molecule has 0 radical (unpaired) electrons. The second-order valence-corrected chi connectivity index (χ2v) is 6.18. The summed E-state index contributed by atoms with van der Waals surface area (Å²) in [6.45, 7) is 1.07. The second kappa shape index (κ2) is 6.34. The minimum Gasteiger partial charge on any atom is -0.465 e. The Balaban J connectivity index is 2.27. The SMILES string of the molecule is COC(=O)c1ccccc1S(=O)(=O)NC1CCOCC1. The quantitative estimate of drug-likeness (QED) is 0.836. The van der Waals surface area contributed by atoms with Gasteiger partial charge in [0.25, 0.3) is 0 Å². The molecular formula is C13H17NO5S. The minimum atomic E-state index is -3.75. The van der Waals surface area contributed by atoms with E-state index >= 15 is 0 Å². The Morgan fingerprint density at radius 2 is 1.95 bits per heavy atom. The van der Waals surface area contributed by atoms with Crippen LogP contribution in [0.1, 0.15) is 23.2 Å². The lowest BCUT2D eigenvalue weighted by Gasteiger charge is -2.23. The van der Waals surface area contributed by atoms with Gasteiger partial charge in [-0.1, -0.05) is 12.1 Å². The van der Waals surface area contributed by atoms with Crippen LogP contribution in [0.25, 0.3) is 0 Å². The van der Waals surface area contributed by atoms with Crippen LogP contribution in [0.15, 0.2) is 29.2 Å². The minimum absolute atomic E-state index is 0.0366. The maximum atomic E-state index is 12.4. The Bertz CT molecular complexity index is 578. The van der Waals surface area contributed by atoms with Gasteiger partial charge in [0.15, 0.2) is 0 Å². The number of rotatable bonds is 4. The van der Waals surface area contributed by atoms with Gasteiger partial charge in [-0.25, -0.2) is 17.9 Å². The third-order valence-electron chi connectivity index (χ3n) is 3.13. The summed E-state index contributed by atoms with van der Waals surface area (Å²) in [5.74, 6) is -0.669. The van der Waals surface area contributed by atoms with Crippen molar-refractivity contribution in [1.29, 1.82) is 0 Å². The Labute approximate surface area is 118 Å². The molecule has 0 atom stereocenters. The van der Waals surface area contributed by atoms with Crippen molar-refractivity contribution in [3.05, 3.63) is 29.8 Å². The normalized spacial score (nSPS) is 16.9. The Kier molecular flexibility index (Phi) is 4.74. The van der Waals surface area contributed by atoms with Crippen LogP contribution in [-0.2, 0) is 19.5 Å². The zero-order valence-corrected chi connectivity index (χ0v) is 12.0. The van der Waals surface area contributed by atoms with Crippen molar-refractivity contribution in [2.75, 3.05) is 20.3 Å². The Hall–Kier alpha value is -1.44. The fraction of sp³-hybridized carbons (Fsp3) is 0.462.